The number of aromatic nitrogens is 1. The van der Waals surface area contributed by atoms with Gasteiger partial charge in [0.2, 0.25) is 5.91 Å². The average molecular weight is 475 g/mol. The Bertz CT molecular complexity index is 1030. The number of carbonyl (C=O) groups excluding carboxylic acids is 4. The second-order valence-electron chi connectivity index (χ2n) is 7.39. The lowest BCUT2D eigenvalue weighted by atomic mass is 10.1. The fraction of sp³-hybridized carbons (Fsp3) is 0.409. The fourth-order valence-corrected chi connectivity index (χ4v) is 4.64. The predicted molar refractivity (Wildman–Crippen MR) is 122 cm³/mol. The van der Waals surface area contributed by atoms with Crippen molar-refractivity contribution in [2.24, 2.45) is 0 Å². The highest BCUT2D eigenvalue weighted by Gasteiger charge is 2.27. The van der Waals surface area contributed by atoms with E-state index in [9.17, 15) is 19.2 Å². The van der Waals surface area contributed by atoms with Crippen molar-refractivity contribution < 1.29 is 28.7 Å². The molecule has 11 heteroatoms. The summed E-state index contributed by atoms with van der Waals surface area (Å²) >= 11 is 0.983. The number of piperazine rings is 1. The summed E-state index contributed by atoms with van der Waals surface area (Å²) in [6, 6.07) is 5.24. The van der Waals surface area contributed by atoms with Crippen molar-refractivity contribution >= 4 is 40.1 Å². The lowest BCUT2D eigenvalue weighted by Gasteiger charge is -2.34. The first kappa shape index (κ1) is 24.3. The van der Waals surface area contributed by atoms with Gasteiger partial charge in [0.15, 0.2) is 0 Å². The van der Waals surface area contributed by atoms with Crippen LogP contribution >= 0.6 is 11.3 Å². The van der Waals surface area contributed by atoms with Crippen LogP contribution in [-0.2, 0) is 14.3 Å². The molecule has 33 heavy (non-hydrogen) atoms. The van der Waals surface area contributed by atoms with Gasteiger partial charge in [-0.05, 0) is 24.6 Å². The van der Waals surface area contributed by atoms with Crippen LogP contribution < -0.4 is 5.32 Å². The van der Waals surface area contributed by atoms with E-state index in [4.69, 9.17) is 9.47 Å². The van der Waals surface area contributed by atoms with Crippen molar-refractivity contribution in [1.82, 2.24) is 14.8 Å². The molecule has 2 aromatic rings. The smallest absolute Gasteiger partial charge is 0.348 e. The number of hydrogen-bond donors (Lipinski definition) is 1. The summed E-state index contributed by atoms with van der Waals surface area (Å²) in [5.74, 6) is -1.60. The minimum atomic E-state index is -0.636. The third-order valence-electron chi connectivity index (χ3n) is 5.36. The molecule has 176 valence electrons. The minimum absolute atomic E-state index is 0.0993. The van der Waals surface area contributed by atoms with Crippen LogP contribution in [0, 0.1) is 6.92 Å². The number of rotatable bonds is 7. The summed E-state index contributed by atoms with van der Waals surface area (Å²) in [4.78, 5) is 57.4. The van der Waals surface area contributed by atoms with E-state index in [0.29, 0.717) is 44.0 Å². The van der Waals surface area contributed by atoms with Gasteiger partial charge in [-0.15, -0.1) is 11.3 Å². The van der Waals surface area contributed by atoms with Gasteiger partial charge in [-0.2, -0.15) is 0 Å². The molecule has 1 aliphatic rings. The van der Waals surface area contributed by atoms with Gasteiger partial charge in [0, 0.05) is 45.3 Å². The van der Waals surface area contributed by atoms with E-state index in [-0.39, 0.29) is 33.7 Å². The van der Waals surface area contributed by atoms with Gasteiger partial charge < -0.3 is 19.7 Å². The molecule has 0 aliphatic carbocycles. The first-order chi connectivity index (χ1) is 15.8. The van der Waals surface area contributed by atoms with Crippen LogP contribution in [0.2, 0.25) is 0 Å². The number of thiophene rings is 1. The Labute approximate surface area is 195 Å². The Morgan fingerprint density at radius 1 is 1.06 bits per heavy atom. The van der Waals surface area contributed by atoms with Crippen molar-refractivity contribution in [3.63, 3.8) is 0 Å². The molecular weight excluding hydrogens is 448 g/mol. The van der Waals surface area contributed by atoms with E-state index in [0.717, 1.165) is 11.3 Å². The van der Waals surface area contributed by atoms with Crippen LogP contribution in [0.1, 0.15) is 42.5 Å². The molecule has 2 aromatic heterocycles. The summed E-state index contributed by atoms with van der Waals surface area (Å²) in [5.41, 5.74) is 0.977. The molecule has 1 fully saturated rings. The van der Waals surface area contributed by atoms with E-state index < -0.39 is 11.9 Å². The number of ether oxygens (including phenoxy) is 2. The molecule has 0 aromatic carbocycles. The third-order valence-corrected chi connectivity index (χ3v) is 6.55. The number of anilines is 1. The van der Waals surface area contributed by atoms with Crippen LogP contribution in [0.25, 0.3) is 0 Å². The van der Waals surface area contributed by atoms with Gasteiger partial charge in [-0.1, -0.05) is 6.07 Å². The zero-order chi connectivity index (χ0) is 24.0. The summed E-state index contributed by atoms with van der Waals surface area (Å²) < 4.78 is 9.55. The molecule has 1 saturated heterocycles. The fourth-order valence-electron chi connectivity index (χ4n) is 3.51. The highest BCUT2D eigenvalue weighted by molar-refractivity contribution is 7.18. The Hall–Kier alpha value is -3.31. The monoisotopic (exact) mass is 474 g/mol. The van der Waals surface area contributed by atoms with E-state index in [1.54, 1.807) is 36.2 Å². The summed E-state index contributed by atoms with van der Waals surface area (Å²) in [7, 11) is 2.49. The van der Waals surface area contributed by atoms with E-state index in [1.807, 2.05) is 0 Å². The van der Waals surface area contributed by atoms with Crippen molar-refractivity contribution in [3.8, 4) is 0 Å². The normalized spacial score (nSPS) is 14.0. The van der Waals surface area contributed by atoms with Crippen molar-refractivity contribution in [2.45, 2.75) is 13.3 Å². The molecule has 0 unspecified atom stereocenters. The Balaban J connectivity index is 1.54. The zero-order valence-electron chi connectivity index (χ0n) is 18.8. The van der Waals surface area contributed by atoms with Crippen LogP contribution in [0.5, 0.6) is 0 Å². The van der Waals surface area contributed by atoms with Crippen molar-refractivity contribution in [1.29, 1.82) is 0 Å². The summed E-state index contributed by atoms with van der Waals surface area (Å²) in [6.07, 6.45) is 1.79. The first-order valence-electron chi connectivity index (χ1n) is 10.4. The third kappa shape index (κ3) is 5.74. The molecule has 3 rings (SSSR count). The standard InChI is InChI=1S/C22H26N4O6S/c1-14-17(21(29)31-2)19(33-18(14)22(30)32-3)24-16(27)7-9-25-10-12-26(13-11-25)20(28)15-6-4-5-8-23-15/h4-6,8H,7,9-13H2,1-3H3,(H,24,27). The van der Waals surface area contributed by atoms with Crippen molar-refractivity contribution in [3.05, 3.63) is 46.1 Å². The SMILES string of the molecule is COC(=O)c1sc(NC(=O)CCN2CCN(C(=O)c3ccccn3)CC2)c(C(=O)OC)c1C. The number of nitrogens with zero attached hydrogens (tertiary/aromatic N) is 3. The minimum Gasteiger partial charge on any atom is -0.465 e. The highest BCUT2D eigenvalue weighted by Crippen LogP contribution is 2.34. The summed E-state index contributed by atoms with van der Waals surface area (Å²) in [6.45, 7) is 4.50. The lowest BCUT2D eigenvalue weighted by Crippen LogP contribution is -2.49. The second kappa shape index (κ2) is 11.0. The Morgan fingerprint density at radius 3 is 2.36 bits per heavy atom. The second-order valence-corrected chi connectivity index (χ2v) is 8.41. The lowest BCUT2D eigenvalue weighted by molar-refractivity contribution is -0.116. The van der Waals surface area contributed by atoms with Crippen LogP contribution in [-0.4, -0.2) is 85.5 Å². The number of methoxy groups -OCH3 is 2. The van der Waals surface area contributed by atoms with Gasteiger partial charge in [0.1, 0.15) is 15.6 Å². The summed E-state index contributed by atoms with van der Waals surface area (Å²) in [5, 5.41) is 2.99. The average Bonchev–Trinajstić information content (AvgIpc) is 3.17. The van der Waals surface area contributed by atoms with Gasteiger partial charge in [-0.3, -0.25) is 19.5 Å². The van der Waals surface area contributed by atoms with Crippen LogP contribution in [0.15, 0.2) is 24.4 Å². The molecule has 0 saturated carbocycles. The number of carbonyl (C=O) groups is 4. The van der Waals surface area contributed by atoms with Gasteiger partial charge in [0.25, 0.3) is 5.91 Å². The van der Waals surface area contributed by atoms with Crippen LogP contribution in [0.3, 0.4) is 0 Å². The first-order valence-corrected chi connectivity index (χ1v) is 11.2. The number of hydrogen-bond acceptors (Lipinski definition) is 9. The Morgan fingerprint density at radius 2 is 1.76 bits per heavy atom. The molecule has 2 amide bonds. The molecule has 0 atom stereocenters. The topological polar surface area (TPSA) is 118 Å². The zero-order valence-corrected chi connectivity index (χ0v) is 19.6. The molecule has 1 N–H and O–H groups in total. The molecular formula is C22H26N4O6S. The Kier molecular flexibility index (Phi) is 8.12. The maximum Gasteiger partial charge on any atom is 0.348 e. The van der Waals surface area contributed by atoms with E-state index >= 15 is 0 Å². The van der Waals surface area contributed by atoms with E-state index in [2.05, 4.69) is 15.2 Å². The number of nitrogens with one attached hydrogen (secondary N) is 1. The molecule has 10 nitrogen and oxygen atoms in total. The molecule has 0 bridgehead atoms. The predicted octanol–water partition coefficient (Wildman–Crippen LogP) is 1.81. The molecule has 3 heterocycles. The molecule has 1 aliphatic heterocycles. The molecule has 0 spiro atoms. The largest absolute Gasteiger partial charge is 0.465 e. The van der Waals surface area contributed by atoms with Gasteiger partial charge >= 0.3 is 11.9 Å². The van der Waals surface area contributed by atoms with Gasteiger partial charge in [-0.25, -0.2) is 9.59 Å². The number of pyridine rings is 1. The van der Waals surface area contributed by atoms with Crippen LogP contribution in [0.4, 0.5) is 5.00 Å². The van der Waals surface area contributed by atoms with Gasteiger partial charge in [0.05, 0.1) is 19.8 Å². The highest BCUT2D eigenvalue weighted by atomic mass is 32.1. The quantitative estimate of drug-likeness (QED) is 0.604. The van der Waals surface area contributed by atoms with Crippen molar-refractivity contribution in [2.75, 3.05) is 52.3 Å². The number of amides is 2. The van der Waals surface area contributed by atoms with E-state index in [1.165, 1.54) is 14.2 Å². The molecule has 0 radical (unpaired) electrons. The maximum atomic E-state index is 12.6. The number of esters is 2. The maximum absolute atomic E-state index is 12.6.